The van der Waals surface area contributed by atoms with Crippen LogP contribution in [0.3, 0.4) is 0 Å². The molecule has 5 heteroatoms. The summed E-state index contributed by atoms with van der Waals surface area (Å²) in [5, 5.41) is 14.1. The van der Waals surface area contributed by atoms with Gasteiger partial charge in [0.25, 0.3) is 0 Å². The zero-order chi connectivity index (χ0) is 14.1. The monoisotopic (exact) mass is 271 g/mol. The highest BCUT2D eigenvalue weighted by Crippen LogP contribution is 2.47. The van der Waals surface area contributed by atoms with Crippen molar-refractivity contribution < 1.29 is 14.7 Å². The number of fused-ring (bicyclic) bond motifs is 2. The quantitative estimate of drug-likeness (QED) is 0.774. The lowest BCUT2D eigenvalue weighted by molar-refractivity contribution is -0.313. The third-order valence-corrected chi connectivity index (χ3v) is 4.25. The average molecular weight is 271 g/mol. The average Bonchev–Trinajstić information content (AvgIpc) is 3.06. The van der Waals surface area contributed by atoms with Crippen molar-refractivity contribution in [3.05, 3.63) is 42.2 Å². The first-order valence-corrected chi connectivity index (χ1v) is 6.72. The smallest absolute Gasteiger partial charge is 0.224 e. The van der Waals surface area contributed by atoms with Gasteiger partial charge in [-0.25, -0.2) is 0 Å². The lowest BCUT2D eigenvalue weighted by Gasteiger charge is -2.27. The van der Waals surface area contributed by atoms with Crippen molar-refractivity contribution in [2.24, 2.45) is 23.7 Å². The second-order valence-corrected chi connectivity index (χ2v) is 5.39. The Labute approximate surface area is 116 Å². The molecule has 4 atom stereocenters. The molecule has 0 spiro atoms. The Hall–Kier alpha value is -2.17. The summed E-state index contributed by atoms with van der Waals surface area (Å²) in [6.07, 6.45) is 7.92. The number of carboxylic acid groups (broad SMARTS) is 1. The molecule has 1 N–H and O–H groups in total. The van der Waals surface area contributed by atoms with Crippen LogP contribution in [0, 0.1) is 23.7 Å². The number of hydrogen-bond acceptors (Lipinski definition) is 4. The lowest BCUT2D eigenvalue weighted by Crippen LogP contribution is -2.44. The fourth-order valence-electron chi connectivity index (χ4n) is 3.31. The van der Waals surface area contributed by atoms with E-state index in [1.165, 1.54) is 0 Å². The van der Waals surface area contributed by atoms with Crippen LogP contribution in [0.2, 0.25) is 0 Å². The van der Waals surface area contributed by atoms with E-state index in [2.05, 4.69) is 10.3 Å². The summed E-state index contributed by atoms with van der Waals surface area (Å²) in [6, 6.07) is 3.63. The molecule has 5 nitrogen and oxygen atoms in total. The van der Waals surface area contributed by atoms with Gasteiger partial charge in [-0.1, -0.05) is 12.2 Å². The van der Waals surface area contributed by atoms with Crippen molar-refractivity contribution in [3.63, 3.8) is 0 Å². The van der Waals surface area contributed by atoms with E-state index in [0.29, 0.717) is 6.54 Å². The Balaban J connectivity index is 1.68. The molecule has 2 aliphatic carbocycles. The predicted octanol–water partition coefficient (Wildman–Crippen LogP) is -0.114. The van der Waals surface area contributed by atoms with E-state index in [0.717, 1.165) is 12.0 Å². The third kappa shape index (κ3) is 2.19. The molecule has 0 saturated heterocycles. The largest absolute Gasteiger partial charge is 0.550 e. The van der Waals surface area contributed by atoms with Gasteiger partial charge in [-0.05, 0) is 36.0 Å². The number of rotatable bonds is 4. The Morgan fingerprint density at radius 2 is 1.85 bits per heavy atom. The van der Waals surface area contributed by atoms with Crippen molar-refractivity contribution >= 4 is 11.9 Å². The van der Waals surface area contributed by atoms with Gasteiger partial charge in [-0.3, -0.25) is 9.78 Å². The number of amides is 1. The van der Waals surface area contributed by atoms with E-state index in [1.54, 1.807) is 12.4 Å². The number of allylic oxidation sites excluding steroid dienone is 2. The number of pyridine rings is 1. The molecule has 0 aromatic carbocycles. The SMILES string of the molecule is O=C([O-])[C@@H]1[C@H](C(=O)NCc2ccncc2)[C@H]2C=C[C@H]1C2. The molecule has 2 aliphatic rings. The number of hydrogen-bond donors (Lipinski definition) is 1. The van der Waals surface area contributed by atoms with E-state index >= 15 is 0 Å². The summed E-state index contributed by atoms with van der Waals surface area (Å²) < 4.78 is 0. The maximum Gasteiger partial charge on any atom is 0.224 e. The molecule has 20 heavy (non-hydrogen) atoms. The normalized spacial score (nSPS) is 30.4. The van der Waals surface area contributed by atoms with Gasteiger partial charge in [0.1, 0.15) is 0 Å². The summed E-state index contributed by atoms with van der Waals surface area (Å²) in [7, 11) is 0. The van der Waals surface area contributed by atoms with Gasteiger partial charge in [0.15, 0.2) is 0 Å². The van der Waals surface area contributed by atoms with E-state index in [9.17, 15) is 14.7 Å². The number of nitrogens with one attached hydrogen (secondary N) is 1. The Bertz CT molecular complexity index is 555. The second kappa shape index (κ2) is 5.07. The Morgan fingerprint density at radius 3 is 2.50 bits per heavy atom. The van der Waals surface area contributed by atoms with E-state index in [4.69, 9.17) is 0 Å². The minimum absolute atomic E-state index is 0.0281. The summed E-state index contributed by atoms with van der Waals surface area (Å²) >= 11 is 0. The van der Waals surface area contributed by atoms with E-state index < -0.39 is 17.8 Å². The highest BCUT2D eigenvalue weighted by Gasteiger charge is 2.48. The van der Waals surface area contributed by atoms with Gasteiger partial charge < -0.3 is 15.2 Å². The van der Waals surface area contributed by atoms with Crippen LogP contribution in [-0.4, -0.2) is 16.9 Å². The zero-order valence-corrected chi connectivity index (χ0v) is 10.9. The zero-order valence-electron chi connectivity index (χ0n) is 10.9. The summed E-state index contributed by atoms with van der Waals surface area (Å²) in [5.74, 6) is -2.54. The Kier molecular flexibility index (Phi) is 3.26. The van der Waals surface area contributed by atoms with Crippen LogP contribution in [0.4, 0.5) is 0 Å². The van der Waals surface area contributed by atoms with E-state index in [-0.39, 0.29) is 17.7 Å². The van der Waals surface area contributed by atoms with Gasteiger partial charge in [0.05, 0.1) is 5.92 Å². The van der Waals surface area contributed by atoms with Crippen LogP contribution >= 0.6 is 0 Å². The minimum Gasteiger partial charge on any atom is -0.550 e. The Morgan fingerprint density at radius 1 is 1.20 bits per heavy atom. The van der Waals surface area contributed by atoms with Gasteiger partial charge in [-0.2, -0.15) is 0 Å². The number of aromatic nitrogens is 1. The summed E-state index contributed by atoms with van der Waals surface area (Å²) in [4.78, 5) is 27.4. The number of aliphatic carboxylic acids is 1. The van der Waals surface area contributed by atoms with Crippen molar-refractivity contribution in [2.75, 3.05) is 0 Å². The molecule has 3 rings (SSSR count). The van der Waals surface area contributed by atoms with Gasteiger partial charge in [0.2, 0.25) is 5.91 Å². The number of carboxylic acids is 1. The molecule has 104 valence electrons. The molecule has 2 bridgehead atoms. The predicted molar refractivity (Wildman–Crippen MR) is 68.8 cm³/mol. The minimum atomic E-state index is -1.12. The van der Waals surface area contributed by atoms with Crippen molar-refractivity contribution in [1.82, 2.24) is 10.3 Å². The molecule has 0 unspecified atom stereocenters. The van der Waals surface area contributed by atoms with Crippen molar-refractivity contribution in [1.29, 1.82) is 0 Å². The molecule has 1 aromatic heterocycles. The first-order chi connectivity index (χ1) is 9.66. The topological polar surface area (TPSA) is 82.1 Å². The molecule has 1 saturated carbocycles. The molecule has 1 amide bonds. The maximum atomic E-state index is 12.3. The highest BCUT2D eigenvalue weighted by atomic mass is 16.4. The first-order valence-electron chi connectivity index (χ1n) is 6.72. The van der Waals surface area contributed by atoms with Crippen LogP contribution in [0.5, 0.6) is 0 Å². The molecule has 0 aliphatic heterocycles. The van der Waals surface area contributed by atoms with Gasteiger partial charge in [-0.15, -0.1) is 0 Å². The standard InChI is InChI=1S/C15H16N2O3/c18-14(17-8-9-3-5-16-6-4-9)12-10-1-2-11(7-10)13(12)15(19)20/h1-6,10-13H,7-8H2,(H,17,18)(H,19,20)/p-1/t10-,11-,12+,13-/m0/s1. The van der Waals surface area contributed by atoms with Crippen molar-refractivity contribution in [2.45, 2.75) is 13.0 Å². The maximum absolute atomic E-state index is 12.3. The second-order valence-electron chi connectivity index (χ2n) is 5.39. The molecule has 1 fully saturated rings. The summed E-state index contributed by atoms with van der Waals surface area (Å²) in [5.41, 5.74) is 0.942. The van der Waals surface area contributed by atoms with Crippen LogP contribution < -0.4 is 10.4 Å². The van der Waals surface area contributed by atoms with Gasteiger partial charge in [0, 0.05) is 30.8 Å². The molecule has 1 aromatic rings. The molecular formula is C15H15N2O3-. The van der Waals surface area contributed by atoms with E-state index in [1.807, 2.05) is 24.3 Å². The number of carbonyl (C=O) groups excluding carboxylic acids is 2. The molecule has 0 radical (unpaired) electrons. The number of nitrogens with zero attached hydrogens (tertiary/aromatic N) is 1. The van der Waals surface area contributed by atoms with Gasteiger partial charge >= 0.3 is 0 Å². The van der Waals surface area contributed by atoms with Crippen LogP contribution in [0.15, 0.2) is 36.7 Å². The van der Waals surface area contributed by atoms with Crippen molar-refractivity contribution in [3.8, 4) is 0 Å². The molecular weight excluding hydrogens is 256 g/mol. The first kappa shape index (κ1) is 12.8. The third-order valence-electron chi connectivity index (χ3n) is 4.25. The fraction of sp³-hybridized carbons (Fsp3) is 0.400. The summed E-state index contributed by atoms with van der Waals surface area (Å²) in [6.45, 7) is 0.388. The number of carbonyl (C=O) groups is 2. The fourth-order valence-corrected chi connectivity index (χ4v) is 3.31. The lowest BCUT2D eigenvalue weighted by atomic mass is 9.82. The van der Waals surface area contributed by atoms with Crippen LogP contribution in [-0.2, 0) is 16.1 Å². The van der Waals surface area contributed by atoms with Crippen LogP contribution in [0.25, 0.3) is 0 Å². The molecule has 1 heterocycles. The highest BCUT2D eigenvalue weighted by molar-refractivity contribution is 5.86. The van der Waals surface area contributed by atoms with Crippen LogP contribution in [0.1, 0.15) is 12.0 Å².